The van der Waals surface area contributed by atoms with Crippen LogP contribution in [0.4, 0.5) is 0 Å². The number of ether oxygens (including phenoxy) is 1. The van der Waals surface area contributed by atoms with Crippen LogP contribution in [-0.2, 0) is 14.3 Å². The number of aliphatic hydroxyl groups is 1. The molecule has 0 heterocycles. The van der Waals surface area contributed by atoms with Gasteiger partial charge in [0.05, 0.1) is 25.2 Å². The average molecular weight is 229 g/mol. The van der Waals surface area contributed by atoms with Gasteiger partial charge in [0.15, 0.2) is 0 Å². The maximum atomic E-state index is 11.4. The third kappa shape index (κ3) is 4.18. The zero-order chi connectivity index (χ0) is 12.0. The second kappa shape index (κ2) is 6.48. The van der Waals surface area contributed by atoms with Gasteiger partial charge in [0, 0.05) is 6.42 Å². The minimum absolute atomic E-state index is 0.0997. The molecule has 0 aromatic carbocycles. The van der Waals surface area contributed by atoms with Gasteiger partial charge in [-0.2, -0.15) is 0 Å². The molecule has 2 unspecified atom stereocenters. The van der Waals surface area contributed by atoms with Crippen LogP contribution < -0.4 is 5.32 Å². The van der Waals surface area contributed by atoms with Gasteiger partial charge in [0.25, 0.3) is 0 Å². The predicted molar refractivity (Wildman–Crippen MR) is 57.7 cm³/mol. The van der Waals surface area contributed by atoms with Crippen molar-refractivity contribution in [3.8, 4) is 0 Å². The van der Waals surface area contributed by atoms with E-state index < -0.39 is 6.10 Å². The second-order valence-corrected chi connectivity index (χ2v) is 3.98. The zero-order valence-electron chi connectivity index (χ0n) is 9.57. The number of carbonyl (C=O) groups excluding carboxylic acids is 2. The van der Waals surface area contributed by atoms with E-state index in [1.165, 1.54) is 0 Å². The Morgan fingerprint density at radius 3 is 2.69 bits per heavy atom. The molecule has 0 bridgehead atoms. The molecule has 0 saturated heterocycles. The number of amides is 1. The van der Waals surface area contributed by atoms with Crippen molar-refractivity contribution in [3.05, 3.63) is 0 Å². The van der Waals surface area contributed by atoms with Gasteiger partial charge in [-0.1, -0.05) is 0 Å². The van der Waals surface area contributed by atoms with Crippen LogP contribution in [0.2, 0.25) is 0 Å². The largest absolute Gasteiger partial charge is 0.466 e. The van der Waals surface area contributed by atoms with Crippen molar-refractivity contribution < 1.29 is 19.4 Å². The summed E-state index contributed by atoms with van der Waals surface area (Å²) in [5.41, 5.74) is 0. The van der Waals surface area contributed by atoms with Crippen molar-refractivity contribution in [2.75, 3.05) is 6.61 Å². The quantitative estimate of drug-likeness (QED) is 0.667. The van der Waals surface area contributed by atoms with E-state index in [1.807, 2.05) is 0 Å². The minimum atomic E-state index is -0.438. The lowest BCUT2D eigenvalue weighted by Crippen LogP contribution is -2.39. The summed E-state index contributed by atoms with van der Waals surface area (Å²) in [6, 6.07) is -0.144. The summed E-state index contributed by atoms with van der Waals surface area (Å²) in [4.78, 5) is 22.4. The van der Waals surface area contributed by atoms with Crippen molar-refractivity contribution in [3.63, 3.8) is 0 Å². The first-order chi connectivity index (χ1) is 7.63. The summed E-state index contributed by atoms with van der Waals surface area (Å²) < 4.78 is 4.72. The van der Waals surface area contributed by atoms with Gasteiger partial charge < -0.3 is 15.2 Å². The van der Waals surface area contributed by atoms with E-state index in [-0.39, 0.29) is 30.8 Å². The first kappa shape index (κ1) is 13.0. The van der Waals surface area contributed by atoms with Crippen LogP contribution in [0.15, 0.2) is 0 Å². The molecule has 16 heavy (non-hydrogen) atoms. The van der Waals surface area contributed by atoms with Gasteiger partial charge in [-0.3, -0.25) is 9.59 Å². The molecular formula is C11H19NO4. The standard InChI is InChI=1S/C11H19NO4/c1-2-16-11(15)7-6-10(14)12-8-4-3-5-9(8)13/h8-9,13H,2-7H2,1H3,(H,12,14). The van der Waals surface area contributed by atoms with E-state index in [0.29, 0.717) is 6.61 Å². The van der Waals surface area contributed by atoms with Crippen molar-refractivity contribution in [1.29, 1.82) is 0 Å². The van der Waals surface area contributed by atoms with Crippen LogP contribution in [0.5, 0.6) is 0 Å². The molecule has 1 amide bonds. The molecule has 0 aliphatic heterocycles. The van der Waals surface area contributed by atoms with Gasteiger partial charge in [0.1, 0.15) is 0 Å². The smallest absolute Gasteiger partial charge is 0.306 e. The Bertz CT molecular complexity index is 254. The Hall–Kier alpha value is -1.10. The number of rotatable bonds is 5. The number of aliphatic hydroxyl groups excluding tert-OH is 1. The fourth-order valence-corrected chi connectivity index (χ4v) is 1.84. The Labute approximate surface area is 95.2 Å². The summed E-state index contributed by atoms with van der Waals surface area (Å²) in [5, 5.41) is 12.2. The van der Waals surface area contributed by atoms with Gasteiger partial charge in [0.2, 0.25) is 5.91 Å². The van der Waals surface area contributed by atoms with E-state index in [1.54, 1.807) is 6.92 Å². The molecule has 1 rings (SSSR count). The first-order valence-electron chi connectivity index (χ1n) is 5.76. The van der Waals surface area contributed by atoms with E-state index in [0.717, 1.165) is 19.3 Å². The predicted octanol–water partition coefficient (Wildman–Crippen LogP) is 0.359. The van der Waals surface area contributed by atoms with Crippen LogP contribution >= 0.6 is 0 Å². The molecule has 0 aromatic heterocycles. The highest BCUT2D eigenvalue weighted by molar-refractivity contribution is 5.81. The monoisotopic (exact) mass is 229 g/mol. The molecule has 0 aromatic rings. The lowest BCUT2D eigenvalue weighted by Gasteiger charge is -2.16. The van der Waals surface area contributed by atoms with Gasteiger partial charge >= 0.3 is 5.97 Å². The van der Waals surface area contributed by atoms with Crippen molar-refractivity contribution >= 4 is 11.9 Å². The molecule has 5 nitrogen and oxygen atoms in total. The van der Waals surface area contributed by atoms with E-state index >= 15 is 0 Å². The first-order valence-corrected chi connectivity index (χ1v) is 5.76. The topological polar surface area (TPSA) is 75.6 Å². The fourth-order valence-electron chi connectivity index (χ4n) is 1.84. The van der Waals surface area contributed by atoms with Crippen LogP contribution in [0.1, 0.15) is 39.0 Å². The number of hydrogen-bond acceptors (Lipinski definition) is 4. The van der Waals surface area contributed by atoms with E-state index in [2.05, 4.69) is 5.32 Å². The average Bonchev–Trinajstić information content (AvgIpc) is 2.62. The zero-order valence-corrected chi connectivity index (χ0v) is 9.57. The third-order valence-electron chi connectivity index (χ3n) is 2.69. The van der Waals surface area contributed by atoms with Crippen molar-refractivity contribution in [2.45, 2.75) is 51.2 Å². The van der Waals surface area contributed by atoms with Gasteiger partial charge in [-0.25, -0.2) is 0 Å². The minimum Gasteiger partial charge on any atom is -0.466 e. The lowest BCUT2D eigenvalue weighted by molar-refractivity contribution is -0.144. The molecule has 1 saturated carbocycles. The molecule has 1 fully saturated rings. The Morgan fingerprint density at radius 1 is 1.38 bits per heavy atom. The maximum Gasteiger partial charge on any atom is 0.306 e. The Balaban J connectivity index is 2.18. The molecule has 1 aliphatic carbocycles. The van der Waals surface area contributed by atoms with Gasteiger partial charge in [-0.05, 0) is 26.2 Å². The second-order valence-electron chi connectivity index (χ2n) is 3.98. The molecular weight excluding hydrogens is 210 g/mol. The highest BCUT2D eigenvalue weighted by Gasteiger charge is 2.26. The number of nitrogens with one attached hydrogen (secondary N) is 1. The number of carbonyl (C=O) groups is 2. The van der Waals surface area contributed by atoms with Crippen molar-refractivity contribution in [2.24, 2.45) is 0 Å². The highest BCUT2D eigenvalue weighted by Crippen LogP contribution is 2.18. The summed E-state index contributed by atoms with van der Waals surface area (Å²) >= 11 is 0. The highest BCUT2D eigenvalue weighted by atomic mass is 16.5. The summed E-state index contributed by atoms with van der Waals surface area (Å²) in [6.45, 7) is 2.06. The Kier molecular flexibility index (Phi) is 5.25. The molecule has 2 N–H and O–H groups in total. The lowest BCUT2D eigenvalue weighted by atomic mass is 10.2. The van der Waals surface area contributed by atoms with Crippen LogP contribution in [0.25, 0.3) is 0 Å². The van der Waals surface area contributed by atoms with E-state index in [4.69, 9.17) is 4.74 Å². The molecule has 0 spiro atoms. The third-order valence-corrected chi connectivity index (χ3v) is 2.69. The van der Waals surface area contributed by atoms with E-state index in [9.17, 15) is 14.7 Å². The molecule has 0 radical (unpaired) electrons. The van der Waals surface area contributed by atoms with Crippen LogP contribution in [0, 0.1) is 0 Å². The van der Waals surface area contributed by atoms with Crippen LogP contribution in [0.3, 0.4) is 0 Å². The van der Waals surface area contributed by atoms with Gasteiger partial charge in [-0.15, -0.1) is 0 Å². The fraction of sp³-hybridized carbons (Fsp3) is 0.818. The SMILES string of the molecule is CCOC(=O)CCC(=O)NC1CCCC1O. The number of esters is 1. The number of hydrogen-bond donors (Lipinski definition) is 2. The summed E-state index contributed by atoms with van der Waals surface area (Å²) in [7, 11) is 0. The van der Waals surface area contributed by atoms with Crippen LogP contribution in [-0.4, -0.2) is 35.7 Å². The molecule has 5 heteroatoms. The summed E-state index contributed by atoms with van der Waals surface area (Å²) in [5.74, 6) is -0.552. The molecule has 92 valence electrons. The maximum absolute atomic E-state index is 11.4. The Morgan fingerprint density at radius 2 is 2.12 bits per heavy atom. The normalized spacial score (nSPS) is 24.1. The molecule has 1 aliphatic rings. The summed E-state index contributed by atoms with van der Waals surface area (Å²) in [6.07, 6.45) is 2.27. The molecule has 2 atom stereocenters. The van der Waals surface area contributed by atoms with Crippen molar-refractivity contribution in [1.82, 2.24) is 5.32 Å².